The molecule has 0 bridgehead atoms. The third kappa shape index (κ3) is 3.01. The zero-order valence-corrected chi connectivity index (χ0v) is 14.1. The number of para-hydroxylation sites is 1. The van der Waals surface area contributed by atoms with Crippen LogP contribution in [-0.2, 0) is 0 Å². The van der Waals surface area contributed by atoms with Crippen LogP contribution in [-0.4, -0.2) is 24.7 Å². The van der Waals surface area contributed by atoms with Crippen molar-refractivity contribution in [2.24, 2.45) is 0 Å². The number of hydrogen-bond acceptors (Lipinski definition) is 6. The van der Waals surface area contributed by atoms with E-state index in [1.165, 1.54) is 23.0 Å². The summed E-state index contributed by atoms with van der Waals surface area (Å²) in [7, 11) is 0. The third-order valence-corrected chi connectivity index (χ3v) is 4.01. The number of fused-ring (bicyclic) bond motifs is 1. The summed E-state index contributed by atoms with van der Waals surface area (Å²) in [6.45, 7) is 1.74. The molecular weight excluding hydrogens is 350 g/mol. The Labute approximate surface area is 152 Å². The molecule has 0 fully saturated rings. The highest BCUT2D eigenvalue weighted by Gasteiger charge is 2.15. The van der Waals surface area contributed by atoms with Gasteiger partial charge in [-0.1, -0.05) is 18.2 Å². The molecule has 2 aromatic carbocycles. The van der Waals surface area contributed by atoms with Gasteiger partial charge in [-0.2, -0.15) is 10.1 Å². The number of nitrogens with zero attached hydrogens (tertiary/aromatic N) is 4. The first-order valence-corrected chi connectivity index (χ1v) is 7.99. The molecule has 9 heteroatoms. The maximum atomic E-state index is 12.4. The summed E-state index contributed by atoms with van der Waals surface area (Å²) in [4.78, 5) is 29.7. The second kappa shape index (κ2) is 6.37. The lowest BCUT2D eigenvalue weighted by Gasteiger charge is -2.08. The Hall–Kier alpha value is -4.01. The number of aromatic nitrogens is 4. The standard InChI is InChI=1S/C18H13N5O4/c1-11-7-8-13(23(25)26)9-15(11)27-18-20-16-14(17(24)21-18)10-19-22(16)12-5-3-2-4-6-12/h2-10H,1H3,(H,20,21,24). The lowest BCUT2D eigenvalue weighted by molar-refractivity contribution is -0.384. The Morgan fingerprint density at radius 1 is 1.19 bits per heavy atom. The smallest absolute Gasteiger partial charge is 0.304 e. The van der Waals surface area contributed by atoms with E-state index < -0.39 is 10.5 Å². The maximum absolute atomic E-state index is 12.4. The van der Waals surface area contributed by atoms with Gasteiger partial charge in [0.2, 0.25) is 0 Å². The molecule has 0 saturated heterocycles. The number of nitrogens with one attached hydrogen (secondary N) is 1. The molecule has 1 N–H and O–H groups in total. The van der Waals surface area contributed by atoms with Gasteiger partial charge in [0.1, 0.15) is 11.1 Å². The van der Waals surface area contributed by atoms with E-state index in [4.69, 9.17) is 4.74 Å². The van der Waals surface area contributed by atoms with Crippen LogP contribution in [0, 0.1) is 17.0 Å². The van der Waals surface area contributed by atoms with Gasteiger partial charge in [0, 0.05) is 6.07 Å². The Morgan fingerprint density at radius 3 is 2.70 bits per heavy atom. The van der Waals surface area contributed by atoms with E-state index in [-0.39, 0.29) is 17.4 Å². The first-order chi connectivity index (χ1) is 13.0. The molecule has 0 unspecified atom stereocenters. The van der Waals surface area contributed by atoms with Crippen LogP contribution in [0.5, 0.6) is 11.8 Å². The molecule has 2 aromatic heterocycles. The zero-order valence-electron chi connectivity index (χ0n) is 14.1. The van der Waals surface area contributed by atoms with E-state index in [1.54, 1.807) is 13.0 Å². The van der Waals surface area contributed by atoms with Gasteiger partial charge in [-0.3, -0.25) is 19.9 Å². The minimum atomic E-state index is -0.518. The van der Waals surface area contributed by atoms with E-state index >= 15 is 0 Å². The predicted molar refractivity (Wildman–Crippen MR) is 97.4 cm³/mol. The Morgan fingerprint density at radius 2 is 1.96 bits per heavy atom. The third-order valence-electron chi connectivity index (χ3n) is 4.01. The second-order valence-corrected chi connectivity index (χ2v) is 5.81. The van der Waals surface area contributed by atoms with Crippen molar-refractivity contribution < 1.29 is 9.66 Å². The number of nitro benzene ring substituents is 1. The van der Waals surface area contributed by atoms with E-state index in [0.29, 0.717) is 16.6 Å². The van der Waals surface area contributed by atoms with E-state index in [1.807, 2.05) is 30.3 Å². The highest BCUT2D eigenvalue weighted by Crippen LogP contribution is 2.27. The highest BCUT2D eigenvalue weighted by molar-refractivity contribution is 5.75. The maximum Gasteiger partial charge on any atom is 0.304 e. The fourth-order valence-electron chi connectivity index (χ4n) is 2.62. The number of rotatable bonds is 4. The molecule has 2 heterocycles. The van der Waals surface area contributed by atoms with Crippen LogP contribution >= 0.6 is 0 Å². The molecule has 0 atom stereocenters. The number of non-ortho nitro benzene ring substituents is 1. The van der Waals surface area contributed by atoms with Crippen LogP contribution in [0.3, 0.4) is 0 Å². The van der Waals surface area contributed by atoms with Gasteiger partial charge in [-0.15, -0.1) is 0 Å². The number of aryl methyl sites for hydroxylation is 1. The van der Waals surface area contributed by atoms with Crippen LogP contribution in [0.1, 0.15) is 5.56 Å². The molecule has 9 nitrogen and oxygen atoms in total. The van der Waals surface area contributed by atoms with Gasteiger partial charge in [0.25, 0.3) is 11.2 Å². The molecule has 0 saturated carbocycles. The fourth-order valence-corrected chi connectivity index (χ4v) is 2.62. The van der Waals surface area contributed by atoms with Crippen molar-refractivity contribution in [3.63, 3.8) is 0 Å². The van der Waals surface area contributed by atoms with Gasteiger partial charge in [0.05, 0.1) is 22.9 Å². The van der Waals surface area contributed by atoms with Gasteiger partial charge in [0.15, 0.2) is 5.65 Å². The monoisotopic (exact) mass is 363 g/mol. The van der Waals surface area contributed by atoms with Crippen molar-refractivity contribution in [1.29, 1.82) is 0 Å². The molecule has 0 aliphatic rings. The number of nitro groups is 1. The minimum absolute atomic E-state index is 0.0752. The largest absolute Gasteiger partial charge is 0.425 e. The lowest BCUT2D eigenvalue weighted by Crippen LogP contribution is -2.10. The molecule has 0 spiro atoms. The average Bonchev–Trinajstić information content (AvgIpc) is 3.08. The number of benzene rings is 2. The van der Waals surface area contributed by atoms with Crippen LogP contribution in [0.2, 0.25) is 0 Å². The van der Waals surface area contributed by atoms with Crippen LogP contribution in [0.25, 0.3) is 16.7 Å². The molecule has 0 amide bonds. The summed E-state index contributed by atoms with van der Waals surface area (Å²) in [6.07, 6.45) is 1.43. The second-order valence-electron chi connectivity index (χ2n) is 5.81. The van der Waals surface area contributed by atoms with E-state index in [0.717, 1.165) is 5.69 Å². The van der Waals surface area contributed by atoms with Gasteiger partial charge in [-0.25, -0.2) is 4.68 Å². The van der Waals surface area contributed by atoms with Crippen molar-refractivity contribution in [3.8, 4) is 17.4 Å². The minimum Gasteiger partial charge on any atom is -0.425 e. The topological polar surface area (TPSA) is 116 Å². The summed E-state index contributed by atoms with van der Waals surface area (Å²) in [6, 6.07) is 13.4. The number of ether oxygens (including phenoxy) is 1. The normalized spacial score (nSPS) is 10.9. The number of hydrogen-bond donors (Lipinski definition) is 1. The first-order valence-electron chi connectivity index (χ1n) is 7.99. The van der Waals surface area contributed by atoms with E-state index in [2.05, 4.69) is 15.1 Å². The summed E-state index contributed by atoms with van der Waals surface area (Å²) < 4.78 is 7.16. The zero-order chi connectivity index (χ0) is 19.0. The van der Waals surface area contributed by atoms with Crippen molar-refractivity contribution >= 4 is 16.7 Å². The Bertz CT molecular complexity index is 1210. The molecule has 27 heavy (non-hydrogen) atoms. The summed E-state index contributed by atoms with van der Waals surface area (Å²) in [5, 5.41) is 15.5. The first kappa shape index (κ1) is 16.5. The van der Waals surface area contributed by atoms with Crippen molar-refractivity contribution in [3.05, 3.63) is 80.8 Å². The molecule has 0 radical (unpaired) electrons. The highest BCUT2D eigenvalue weighted by atomic mass is 16.6. The number of aromatic amines is 1. The van der Waals surface area contributed by atoms with E-state index in [9.17, 15) is 14.9 Å². The van der Waals surface area contributed by atoms with Crippen LogP contribution in [0.4, 0.5) is 5.69 Å². The fraction of sp³-hybridized carbons (Fsp3) is 0.0556. The van der Waals surface area contributed by atoms with Crippen molar-refractivity contribution in [2.45, 2.75) is 6.92 Å². The van der Waals surface area contributed by atoms with Gasteiger partial charge >= 0.3 is 6.01 Å². The van der Waals surface area contributed by atoms with Gasteiger partial charge in [-0.05, 0) is 30.7 Å². The molecule has 0 aliphatic carbocycles. The summed E-state index contributed by atoms with van der Waals surface area (Å²) in [5.74, 6) is 0.234. The Kier molecular flexibility index (Phi) is 3.88. The molecule has 134 valence electrons. The molecular formula is C18H13N5O4. The average molecular weight is 363 g/mol. The molecule has 0 aliphatic heterocycles. The number of H-pyrrole nitrogens is 1. The SMILES string of the molecule is Cc1ccc([N+](=O)[O-])cc1Oc1nc2c(cnn2-c2ccccc2)c(=O)[nH]1. The molecule has 4 rings (SSSR count). The summed E-state index contributed by atoms with van der Waals surface area (Å²) >= 11 is 0. The van der Waals surface area contributed by atoms with Gasteiger partial charge < -0.3 is 4.74 Å². The van der Waals surface area contributed by atoms with Crippen molar-refractivity contribution in [1.82, 2.24) is 19.7 Å². The molecule has 4 aromatic rings. The predicted octanol–water partition coefficient (Wildman–Crippen LogP) is 3.12. The Balaban J connectivity index is 1.81. The van der Waals surface area contributed by atoms with Crippen LogP contribution < -0.4 is 10.3 Å². The summed E-state index contributed by atoms with van der Waals surface area (Å²) in [5.41, 5.74) is 1.19. The lowest BCUT2D eigenvalue weighted by atomic mass is 10.2. The van der Waals surface area contributed by atoms with Crippen molar-refractivity contribution in [2.75, 3.05) is 0 Å². The quantitative estimate of drug-likeness (QED) is 0.440. The van der Waals surface area contributed by atoms with Crippen LogP contribution in [0.15, 0.2) is 59.5 Å².